The van der Waals surface area contributed by atoms with E-state index in [1.54, 1.807) is 16.7 Å². The molecule has 0 spiro atoms. The maximum Gasteiger partial charge on any atom is 0.416 e. The van der Waals surface area contributed by atoms with Crippen LogP contribution in [0, 0.1) is 0 Å². The standard InChI is InChI=1S/C19H19ClF3N5O/c1-27-6-2-3-13(10-27)24-18-26-25-17-15(8-12(20)9-28(17)18)14-5-4-11(7-16(14)29)19(21,22)23/h4-5,7-9,13,29H,2-3,6,10H2,1H3,(H,24,26)/t13-/m1/s1. The number of likely N-dealkylation sites (tertiary alicyclic amines) is 1. The normalized spacial score (nSPS) is 18.3. The van der Waals surface area contributed by atoms with E-state index in [-0.39, 0.29) is 11.6 Å². The van der Waals surface area contributed by atoms with Crippen LogP contribution in [0.4, 0.5) is 19.1 Å². The van der Waals surface area contributed by atoms with E-state index in [1.165, 1.54) is 6.07 Å². The number of hydrogen-bond donors (Lipinski definition) is 2. The van der Waals surface area contributed by atoms with Gasteiger partial charge in [-0.25, -0.2) is 0 Å². The van der Waals surface area contributed by atoms with Crippen LogP contribution < -0.4 is 5.32 Å². The average molecular weight is 426 g/mol. The lowest BCUT2D eigenvalue weighted by Crippen LogP contribution is -2.40. The van der Waals surface area contributed by atoms with Gasteiger partial charge in [0.05, 0.1) is 10.6 Å². The molecule has 1 saturated heterocycles. The summed E-state index contributed by atoms with van der Waals surface area (Å²) in [6.45, 7) is 1.91. The minimum atomic E-state index is -4.54. The molecule has 3 heterocycles. The Labute approximate surface area is 169 Å². The number of benzene rings is 1. The summed E-state index contributed by atoms with van der Waals surface area (Å²) >= 11 is 6.25. The molecule has 4 rings (SSSR count). The number of likely N-dealkylation sites (N-methyl/N-ethyl adjacent to an activating group) is 1. The lowest BCUT2D eigenvalue weighted by molar-refractivity contribution is -0.137. The molecule has 1 aromatic carbocycles. The Balaban J connectivity index is 1.74. The number of nitrogens with zero attached hydrogens (tertiary/aromatic N) is 4. The monoisotopic (exact) mass is 425 g/mol. The predicted octanol–water partition coefficient (Wildman–Crippen LogP) is 4.28. The van der Waals surface area contributed by atoms with Crippen molar-refractivity contribution in [3.05, 3.63) is 41.0 Å². The topological polar surface area (TPSA) is 65.7 Å². The van der Waals surface area contributed by atoms with Gasteiger partial charge in [0, 0.05) is 29.9 Å². The fourth-order valence-electron chi connectivity index (χ4n) is 3.66. The fraction of sp³-hybridized carbons (Fsp3) is 0.368. The molecule has 0 bridgehead atoms. The maximum atomic E-state index is 12.9. The van der Waals surface area contributed by atoms with Crippen LogP contribution in [0.3, 0.4) is 0 Å². The van der Waals surface area contributed by atoms with Crippen LogP contribution in [0.2, 0.25) is 5.02 Å². The van der Waals surface area contributed by atoms with Crippen molar-refractivity contribution in [3.8, 4) is 16.9 Å². The van der Waals surface area contributed by atoms with Crippen molar-refractivity contribution in [3.63, 3.8) is 0 Å². The fourth-order valence-corrected chi connectivity index (χ4v) is 3.87. The lowest BCUT2D eigenvalue weighted by Gasteiger charge is -2.30. The number of anilines is 1. The predicted molar refractivity (Wildman–Crippen MR) is 104 cm³/mol. The molecule has 29 heavy (non-hydrogen) atoms. The number of rotatable bonds is 3. The number of aromatic hydroxyl groups is 1. The van der Waals surface area contributed by atoms with Gasteiger partial charge in [-0.2, -0.15) is 13.2 Å². The van der Waals surface area contributed by atoms with Crippen molar-refractivity contribution in [2.45, 2.75) is 25.1 Å². The Bertz CT molecular complexity index is 1050. The first-order valence-corrected chi connectivity index (χ1v) is 9.50. The summed E-state index contributed by atoms with van der Waals surface area (Å²) in [5.41, 5.74) is 0.0463. The van der Waals surface area contributed by atoms with Crippen molar-refractivity contribution in [1.82, 2.24) is 19.5 Å². The largest absolute Gasteiger partial charge is 0.507 e. The van der Waals surface area contributed by atoms with E-state index in [4.69, 9.17) is 11.6 Å². The van der Waals surface area contributed by atoms with Crippen LogP contribution in [0.1, 0.15) is 18.4 Å². The van der Waals surface area contributed by atoms with Gasteiger partial charge in [0.1, 0.15) is 5.75 Å². The van der Waals surface area contributed by atoms with Gasteiger partial charge < -0.3 is 15.3 Å². The second kappa shape index (κ2) is 7.38. The molecule has 1 fully saturated rings. The van der Waals surface area contributed by atoms with Crippen molar-refractivity contribution in [2.75, 3.05) is 25.5 Å². The van der Waals surface area contributed by atoms with Gasteiger partial charge in [0.2, 0.25) is 5.95 Å². The summed E-state index contributed by atoms with van der Waals surface area (Å²) in [4.78, 5) is 2.23. The van der Waals surface area contributed by atoms with Gasteiger partial charge in [-0.15, -0.1) is 10.2 Å². The molecule has 0 radical (unpaired) electrons. The molecule has 0 unspecified atom stereocenters. The number of halogens is 4. The number of pyridine rings is 1. The van der Waals surface area contributed by atoms with Crippen molar-refractivity contribution in [1.29, 1.82) is 0 Å². The van der Waals surface area contributed by atoms with Gasteiger partial charge >= 0.3 is 6.18 Å². The molecule has 0 amide bonds. The van der Waals surface area contributed by atoms with E-state index in [2.05, 4.69) is 27.5 Å². The molecular weight excluding hydrogens is 407 g/mol. The average Bonchev–Trinajstić information content (AvgIpc) is 3.03. The van der Waals surface area contributed by atoms with E-state index < -0.39 is 17.5 Å². The minimum absolute atomic E-state index is 0.196. The second-order valence-corrected chi connectivity index (χ2v) is 7.70. The number of piperidine rings is 1. The Morgan fingerprint density at radius 2 is 2.00 bits per heavy atom. The zero-order chi connectivity index (χ0) is 20.8. The summed E-state index contributed by atoms with van der Waals surface area (Å²) in [5.74, 6) is -0.00847. The minimum Gasteiger partial charge on any atom is -0.507 e. The smallest absolute Gasteiger partial charge is 0.416 e. The van der Waals surface area contributed by atoms with Crippen LogP contribution in [-0.4, -0.2) is 50.8 Å². The van der Waals surface area contributed by atoms with E-state index in [0.717, 1.165) is 32.0 Å². The Morgan fingerprint density at radius 1 is 1.21 bits per heavy atom. The number of alkyl halides is 3. The number of fused-ring (bicyclic) bond motifs is 1. The van der Waals surface area contributed by atoms with Gasteiger partial charge in [-0.1, -0.05) is 11.6 Å². The van der Waals surface area contributed by atoms with Gasteiger partial charge in [-0.3, -0.25) is 4.40 Å². The third-order valence-corrected chi connectivity index (χ3v) is 5.25. The second-order valence-electron chi connectivity index (χ2n) is 7.26. The third kappa shape index (κ3) is 3.97. The summed E-state index contributed by atoms with van der Waals surface area (Å²) in [6.07, 6.45) is -0.849. The Morgan fingerprint density at radius 3 is 2.69 bits per heavy atom. The SMILES string of the molecule is CN1CCC[C@@H](Nc2nnc3c(-c4ccc(C(F)(F)F)cc4O)cc(Cl)cn23)C1. The molecule has 2 aromatic heterocycles. The van der Waals surface area contributed by atoms with E-state index in [1.807, 2.05) is 0 Å². The Kier molecular flexibility index (Phi) is 5.04. The molecule has 0 saturated carbocycles. The number of phenolic OH excluding ortho intramolecular Hbond substituents is 1. The molecular formula is C19H19ClF3N5O. The van der Waals surface area contributed by atoms with E-state index in [0.29, 0.717) is 28.2 Å². The van der Waals surface area contributed by atoms with Crippen LogP contribution >= 0.6 is 11.6 Å². The first-order chi connectivity index (χ1) is 13.7. The number of nitrogens with one attached hydrogen (secondary N) is 1. The Hall–Kier alpha value is -2.52. The van der Waals surface area contributed by atoms with Crippen molar-refractivity contribution >= 4 is 23.2 Å². The molecule has 3 aromatic rings. The molecule has 0 aliphatic carbocycles. The van der Waals surface area contributed by atoms with Crippen molar-refractivity contribution < 1.29 is 18.3 Å². The first kappa shape index (κ1) is 19.8. The summed E-state index contributed by atoms with van der Waals surface area (Å²) in [7, 11) is 2.05. The van der Waals surface area contributed by atoms with Crippen LogP contribution in [0.5, 0.6) is 5.75 Å². The van der Waals surface area contributed by atoms with Crippen LogP contribution in [0.25, 0.3) is 16.8 Å². The summed E-state index contributed by atoms with van der Waals surface area (Å²) in [6, 6.07) is 4.57. The highest BCUT2D eigenvalue weighted by atomic mass is 35.5. The van der Waals surface area contributed by atoms with E-state index >= 15 is 0 Å². The summed E-state index contributed by atoms with van der Waals surface area (Å²) < 4.78 is 40.4. The highest BCUT2D eigenvalue weighted by Gasteiger charge is 2.31. The molecule has 154 valence electrons. The number of hydrogen-bond acceptors (Lipinski definition) is 5. The molecule has 1 aliphatic rings. The van der Waals surface area contributed by atoms with Gasteiger partial charge in [-0.05, 0) is 50.7 Å². The molecule has 1 atom stereocenters. The van der Waals surface area contributed by atoms with Crippen molar-refractivity contribution in [2.24, 2.45) is 0 Å². The molecule has 1 aliphatic heterocycles. The lowest BCUT2D eigenvalue weighted by atomic mass is 10.0. The quantitative estimate of drug-likeness (QED) is 0.655. The molecule has 2 N–H and O–H groups in total. The van der Waals surface area contributed by atoms with Gasteiger partial charge in [0.25, 0.3) is 0 Å². The zero-order valence-electron chi connectivity index (χ0n) is 15.5. The van der Waals surface area contributed by atoms with Crippen LogP contribution in [0.15, 0.2) is 30.5 Å². The summed E-state index contributed by atoms with van der Waals surface area (Å²) in [5, 5.41) is 22.3. The zero-order valence-corrected chi connectivity index (χ0v) is 16.3. The highest BCUT2D eigenvalue weighted by Crippen LogP contribution is 2.38. The van der Waals surface area contributed by atoms with Crippen LogP contribution in [-0.2, 0) is 6.18 Å². The molecule has 10 heteroatoms. The third-order valence-electron chi connectivity index (χ3n) is 5.04. The van der Waals surface area contributed by atoms with E-state index in [9.17, 15) is 18.3 Å². The van der Waals surface area contributed by atoms with Gasteiger partial charge in [0.15, 0.2) is 5.65 Å². The maximum absolute atomic E-state index is 12.9. The number of phenols is 1. The number of aromatic nitrogens is 3. The highest BCUT2D eigenvalue weighted by molar-refractivity contribution is 6.31. The first-order valence-electron chi connectivity index (χ1n) is 9.12. The molecule has 6 nitrogen and oxygen atoms in total.